The van der Waals surface area contributed by atoms with Gasteiger partial charge in [-0.05, 0) is 24.3 Å². The average molecular weight is 281 g/mol. The lowest BCUT2D eigenvalue weighted by Crippen LogP contribution is -2.16. The first-order chi connectivity index (χ1) is 10.2. The summed E-state index contributed by atoms with van der Waals surface area (Å²) >= 11 is 0. The number of hydrogen-bond donors (Lipinski definition) is 2. The third kappa shape index (κ3) is 2.74. The van der Waals surface area contributed by atoms with E-state index in [0.717, 1.165) is 5.39 Å². The second kappa shape index (κ2) is 5.46. The smallest absolute Gasteiger partial charge is 0.307 e. The third-order valence-electron chi connectivity index (χ3n) is 2.83. The zero-order chi connectivity index (χ0) is 14.7. The lowest BCUT2D eigenvalue weighted by molar-refractivity contribution is 0.0927. The van der Waals surface area contributed by atoms with Crippen LogP contribution in [-0.4, -0.2) is 22.2 Å². The van der Waals surface area contributed by atoms with Gasteiger partial charge in [-0.25, -0.2) is 10.4 Å². The molecule has 21 heavy (non-hydrogen) atoms. The van der Waals surface area contributed by atoms with Crippen molar-refractivity contribution in [2.45, 2.75) is 0 Å². The predicted molar refractivity (Wildman–Crippen MR) is 77.2 cm³/mol. The minimum Gasteiger partial charge on any atom is -0.506 e. The molecule has 6 heteroatoms. The largest absolute Gasteiger partial charge is 0.506 e. The van der Waals surface area contributed by atoms with Crippen LogP contribution in [0, 0.1) is 0 Å². The van der Waals surface area contributed by atoms with E-state index in [-0.39, 0.29) is 11.5 Å². The van der Waals surface area contributed by atoms with E-state index in [1.807, 2.05) is 12.1 Å². The highest BCUT2D eigenvalue weighted by Gasteiger charge is 2.06. The second-order valence-electron chi connectivity index (χ2n) is 4.26. The van der Waals surface area contributed by atoms with Crippen LogP contribution in [0.4, 0.5) is 0 Å². The molecule has 0 saturated carbocycles. The van der Waals surface area contributed by atoms with Crippen LogP contribution < -0.4 is 5.43 Å². The highest BCUT2D eigenvalue weighted by Crippen LogP contribution is 2.21. The minimum atomic E-state index is -0.445. The molecule has 0 fully saturated rings. The molecule has 0 aliphatic rings. The van der Waals surface area contributed by atoms with Crippen molar-refractivity contribution in [3.8, 4) is 5.75 Å². The molecule has 2 aromatic heterocycles. The molecule has 0 spiro atoms. The number of amides is 1. The molecule has 2 heterocycles. The Bertz CT molecular complexity index is 810. The van der Waals surface area contributed by atoms with Gasteiger partial charge in [0.25, 0.3) is 0 Å². The minimum absolute atomic E-state index is 0.0994. The van der Waals surface area contributed by atoms with Gasteiger partial charge in [-0.1, -0.05) is 18.2 Å². The summed E-state index contributed by atoms with van der Waals surface area (Å²) in [7, 11) is 0. The van der Waals surface area contributed by atoms with Crippen LogP contribution in [0.15, 0.2) is 58.2 Å². The van der Waals surface area contributed by atoms with Gasteiger partial charge in [-0.2, -0.15) is 5.10 Å². The topological polar surface area (TPSA) is 87.7 Å². The maximum atomic E-state index is 11.6. The Hall–Kier alpha value is -3.15. The van der Waals surface area contributed by atoms with Crippen molar-refractivity contribution in [2.75, 3.05) is 0 Å². The molecule has 104 valence electrons. The van der Waals surface area contributed by atoms with Gasteiger partial charge in [0.05, 0.1) is 18.2 Å². The van der Waals surface area contributed by atoms with Crippen molar-refractivity contribution in [3.05, 3.63) is 60.2 Å². The number of para-hydroxylation sites is 1. The van der Waals surface area contributed by atoms with Crippen molar-refractivity contribution in [2.24, 2.45) is 5.10 Å². The summed E-state index contributed by atoms with van der Waals surface area (Å²) in [4.78, 5) is 15.8. The summed E-state index contributed by atoms with van der Waals surface area (Å²) in [5.41, 5.74) is 3.33. The van der Waals surface area contributed by atoms with Crippen LogP contribution >= 0.6 is 0 Å². The Morgan fingerprint density at radius 1 is 1.24 bits per heavy atom. The number of furan rings is 1. The SMILES string of the molecule is O=C(NN=Cc1ccc2cccc(O)c2n1)c1ccco1. The predicted octanol–water partition coefficient (Wildman–Crippen LogP) is 2.30. The maximum absolute atomic E-state index is 11.6. The lowest BCUT2D eigenvalue weighted by atomic mass is 10.2. The molecular formula is C15H11N3O3. The Labute approximate surface area is 119 Å². The number of nitrogens with zero attached hydrogens (tertiary/aromatic N) is 2. The van der Waals surface area contributed by atoms with E-state index in [9.17, 15) is 9.90 Å². The van der Waals surface area contributed by atoms with Gasteiger partial charge in [0, 0.05) is 5.39 Å². The number of benzene rings is 1. The molecule has 0 aliphatic carbocycles. The number of fused-ring (bicyclic) bond motifs is 1. The van der Waals surface area contributed by atoms with Crippen LogP contribution in [0.3, 0.4) is 0 Å². The molecule has 2 N–H and O–H groups in total. The zero-order valence-corrected chi connectivity index (χ0v) is 10.9. The van der Waals surface area contributed by atoms with Crippen LogP contribution in [0.25, 0.3) is 10.9 Å². The molecular weight excluding hydrogens is 270 g/mol. The Kier molecular flexibility index (Phi) is 3.34. The van der Waals surface area contributed by atoms with Crippen molar-refractivity contribution in [1.29, 1.82) is 0 Å². The van der Waals surface area contributed by atoms with Gasteiger partial charge in [-0.3, -0.25) is 4.79 Å². The number of hydrogen-bond acceptors (Lipinski definition) is 5. The average Bonchev–Trinajstić information content (AvgIpc) is 3.02. The molecule has 0 aliphatic heterocycles. The summed E-state index contributed by atoms with van der Waals surface area (Å²) in [6.45, 7) is 0. The summed E-state index contributed by atoms with van der Waals surface area (Å²) in [6.07, 6.45) is 2.80. The number of hydrazone groups is 1. The van der Waals surface area contributed by atoms with E-state index in [0.29, 0.717) is 11.2 Å². The molecule has 1 aromatic carbocycles. The Morgan fingerprint density at radius 3 is 2.95 bits per heavy atom. The number of rotatable bonds is 3. The summed E-state index contributed by atoms with van der Waals surface area (Å²) in [5.74, 6) is -0.168. The molecule has 0 bridgehead atoms. The normalized spacial score (nSPS) is 11.0. The summed E-state index contributed by atoms with van der Waals surface area (Å²) in [5, 5.41) is 14.4. The summed E-state index contributed by atoms with van der Waals surface area (Å²) in [6, 6.07) is 11.9. The fourth-order valence-electron chi connectivity index (χ4n) is 1.84. The second-order valence-corrected chi connectivity index (χ2v) is 4.26. The van der Waals surface area contributed by atoms with Crippen molar-refractivity contribution in [1.82, 2.24) is 10.4 Å². The number of carbonyl (C=O) groups is 1. The standard InChI is InChI=1S/C15H11N3O3/c19-12-4-1-3-10-6-7-11(17-14(10)12)9-16-18-15(20)13-5-2-8-21-13/h1-9,19H,(H,18,20). The first kappa shape index (κ1) is 12.9. The lowest BCUT2D eigenvalue weighted by Gasteiger charge is -2.01. The fourth-order valence-corrected chi connectivity index (χ4v) is 1.84. The molecule has 3 rings (SSSR count). The number of phenols is 1. The molecule has 0 saturated heterocycles. The number of carbonyl (C=O) groups excluding carboxylic acids is 1. The zero-order valence-electron chi connectivity index (χ0n) is 10.9. The van der Waals surface area contributed by atoms with Crippen molar-refractivity contribution < 1.29 is 14.3 Å². The number of nitrogens with one attached hydrogen (secondary N) is 1. The van der Waals surface area contributed by atoms with E-state index >= 15 is 0 Å². The van der Waals surface area contributed by atoms with E-state index in [2.05, 4.69) is 15.5 Å². The van der Waals surface area contributed by atoms with Crippen LogP contribution in [0.1, 0.15) is 16.2 Å². The molecule has 1 amide bonds. The Morgan fingerprint density at radius 2 is 2.14 bits per heavy atom. The third-order valence-corrected chi connectivity index (χ3v) is 2.83. The van der Waals surface area contributed by atoms with E-state index in [4.69, 9.17) is 4.42 Å². The molecule has 3 aromatic rings. The maximum Gasteiger partial charge on any atom is 0.307 e. The molecule has 0 atom stereocenters. The van der Waals surface area contributed by atoms with Crippen LogP contribution in [-0.2, 0) is 0 Å². The van der Waals surface area contributed by atoms with Gasteiger partial charge in [0.1, 0.15) is 11.3 Å². The molecule has 6 nitrogen and oxygen atoms in total. The van der Waals surface area contributed by atoms with E-state index < -0.39 is 5.91 Å². The fraction of sp³-hybridized carbons (Fsp3) is 0. The van der Waals surface area contributed by atoms with Gasteiger partial charge >= 0.3 is 5.91 Å². The highest BCUT2D eigenvalue weighted by atomic mass is 16.3. The van der Waals surface area contributed by atoms with Gasteiger partial charge in [-0.15, -0.1) is 0 Å². The number of aromatic nitrogens is 1. The van der Waals surface area contributed by atoms with Crippen molar-refractivity contribution in [3.63, 3.8) is 0 Å². The van der Waals surface area contributed by atoms with Gasteiger partial charge in [0.2, 0.25) is 0 Å². The first-order valence-electron chi connectivity index (χ1n) is 6.20. The number of phenolic OH excluding ortho intramolecular Hbond substituents is 1. The van der Waals surface area contributed by atoms with Gasteiger partial charge < -0.3 is 9.52 Å². The van der Waals surface area contributed by atoms with E-state index in [1.54, 1.807) is 24.3 Å². The monoisotopic (exact) mass is 281 g/mol. The quantitative estimate of drug-likeness (QED) is 0.569. The molecule has 0 unspecified atom stereocenters. The van der Waals surface area contributed by atoms with E-state index in [1.165, 1.54) is 18.5 Å². The highest BCUT2D eigenvalue weighted by molar-refractivity contribution is 5.92. The van der Waals surface area contributed by atoms with Gasteiger partial charge in [0.15, 0.2) is 5.76 Å². The Balaban J connectivity index is 1.77. The first-order valence-corrected chi connectivity index (χ1v) is 6.20. The van der Waals surface area contributed by atoms with Crippen LogP contribution in [0.5, 0.6) is 5.75 Å². The number of pyridine rings is 1. The van der Waals surface area contributed by atoms with Crippen LogP contribution in [0.2, 0.25) is 0 Å². The van der Waals surface area contributed by atoms with Crippen molar-refractivity contribution >= 4 is 23.0 Å². The number of aromatic hydroxyl groups is 1. The summed E-state index contributed by atoms with van der Waals surface area (Å²) < 4.78 is 4.94. The molecule has 0 radical (unpaired) electrons.